The van der Waals surface area contributed by atoms with E-state index in [2.05, 4.69) is 15.0 Å². The van der Waals surface area contributed by atoms with Gasteiger partial charge in [-0.3, -0.25) is 24.2 Å². The highest BCUT2D eigenvalue weighted by atomic mass is 32.2. The van der Waals surface area contributed by atoms with Gasteiger partial charge >= 0.3 is 5.97 Å². The highest BCUT2D eigenvalue weighted by Gasteiger charge is 2.21. The average molecular weight is 487 g/mol. The van der Waals surface area contributed by atoms with E-state index in [0.717, 1.165) is 12.0 Å². The Kier molecular flexibility index (Phi) is 8.78. The first-order chi connectivity index (χ1) is 16.3. The van der Waals surface area contributed by atoms with Crippen molar-refractivity contribution in [2.75, 3.05) is 32.1 Å². The third-order valence-corrected chi connectivity index (χ3v) is 6.69. The maximum atomic E-state index is 12.8. The maximum Gasteiger partial charge on any atom is 0.309 e. The number of sulfonamides is 1. The summed E-state index contributed by atoms with van der Waals surface area (Å²) in [6.07, 6.45) is 1.42. The number of rotatable bonds is 10. The second-order valence-electron chi connectivity index (χ2n) is 8.19. The van der Waals surface area contributed by atoms with Crippen LogP contribution in [0.1, 0.15) is 25.3 Å². The number of nitrogens with one attached hydrogen (secondary N) is 2. The molecule has 0 saturated heterocycles. The molecule has 10 heteroatoms. The van der Waals surface area contributed by atoms with E-state index in [1.165, 1.54) is 19.2 Å². The van der Waals surface area contributed by atoms with Crippen LogP contribution in [0.2, 0.25) is 0 Å². The number of hydrogen-bond donors (Lipinski definition) is 2. The minimum atomic E-state index is -3.79. The predicted molar refractivity (Wildman–Crippen MR) is 130 cm³/mol. The molecule has 34 heavy (non-hydrogen) atoms. The lowest BCUT2D eigenvalue weighted by atomic mass is 10.1. The topological polar surface area (TPSA) is 117 Å². The molecular formula is C24H30N4O5S. The lowest BCUT2D eigenvalue weighted by molar-refractivity contribution is -0.145. The van der Waals surface area contributed by atoms with Gasteiger partial charge in [0, 0.05) is 31.7 Å². The summed E-state index contributed by atoms with van der Waals surface area (Å²) < 4.78 is 32.7. The highest BCUT2D eigenvalue weighted by molar-refractivity contribution is 7.90. The molecule has 2 aromatic carbocycles. The molecule has 9 nitrogen and oxygen atoms in total. The minimum Gasteiger partial charge on any atom is -0.469 e. The van der Waals surface area contributed by atoms with Gasteiger partial charge in [0.25, 0.3) is 10.0 Å². The molecule has 182 valence electrons. The summed E-state index contributed by atoms with van der Waals surface area (Å²) >= 11 is 0. The van der Waals surface area contributed by atoms with E-state index in [4.69, 9.17) is 4.74 Å². The van der Waals surface area contributed by atoms with Gasteiger partial charge in [0.2, 0.25) is 5.91 Å². The minimum absolute atomic E-state index is 0.0161. The zero-order valence-corrected chi connectivity index (χ0v) is 20.2. The van der Waals surface area contributed by atoms with Gasteiger partial charge in [-0.2, -0.15) is 0 Å². The Morgan fingerprint density at radius 2 is 1.91 bits per heavy atom. The van der Waals surface area contributed by atoms with E-state index >= 15 is 0 Å². The Morgan fingerprint density at radius 3 is 2.59 bits per heavy atom. The normalized spacial score (nSPS) is 14.4. The fourth-order valence-corrected chi connectivity index (χ4v) is 4.81. The van der Waals surface area contributed by atoms with Crippen LogP contribution in [0.3, 0.4) is 0 Å². The quantitative estimate of drug-likeness (QED) is 0.498. The van der Waals surface area contributed by atoms with Gasteiger partial charge in [-0.15, -0.1) is 0 Å². The average Bonchev–Trinajstić information content (AvgIpc) is 3.31. The van der Waals surface area contributed by atoms with E-state index in [0.29, 0.717) is 37.6 Å². The standard InChI is InChI=1S/C24H30N4O5S/c1-18(24(30)33-2)15-28(16-19-8-4-3-5-9-19)17-23(29)26-20-10-6-11-21(14-20)34(31,32)27-22-12-7-13-25-22/h3-6,8-11,14,18H,7,12-13,15-17H2,1-2H3,(H,25,27)(H,26,29). The van der Waals surface area contributed by atoms with Crippen LogP contribution in [0.25, 0.3) is 0 Å². The molecule has 1 unspecified atom stereocenters. The van der Waals surface area contributed by atoms with Crippen molar-refractivity contribution < 1.29 is 22.7 Å². The SMILES string of the molecule is COC(=O)C(C)CN(CC(=O)Nc1cccc(S(=O)(=O)NC2=NCCC2)c1)Cc1ccccc1. The van der Waals surface area contributed by atoms with Gasteiger partial charge in [0.15, 0.2) is 0 Å². The molecule has 0 spiro atoms. The van der Waals surface area contributed by atoms with Crippen molar-refractivity contribution >= 4 is 33.4 Å². The van der Waals surface area contributed by atoms with Gasteiger partial charge in [-0.1, -0.05) is 43.3 Å². The summed E-state index contributed by atoms with van der Waals surface area (Å²) in [4.78, 5) is 30.8. The molecule has 0 aliphatic carbocycles. The van der Waals surface area contributed by atoms with Crippen molar-refractivity contribution in [3.8, 4) is 0 Å². The molecule has 3 rings (SSSR count). The van der Waals surface area contributed by atoms with Gasteiger partial charge in [-0.25, -0.2) is 8.42 Å². The second kappa shape index (κ2) is 11.8. The molecule has 2 N–H and O–H groups in total. The molecule has 1 amide bonds. The Morgan fingerprint density at radius 1 is 1.15 bits per heavy atom. The number of ether oxygens (including phenoxy) is 1. The van der Waals surface area contributed by atoms with Gasteiger partial charge in [0.1, 0.15) is 5.84 Å². The molecule has 1 aliphatic rings. The third kappa shape index (κ3) is 7.39. The largest absolute Gasteiger partial charge is 0.469 e. The van der Waals surface area contributed by atoms with E-state index in [9.17, 15) is 18.0 Å². The summed E-state index contributed by atoms with van der Waals surface area (Å²) in [5.41, 5.74) is 1.36. The molecule has 0 saturated carbocycles. The number of anilines is 1. The van der Waals surface area contributed by atoms with Crippen LogP contribution in [0, 0.1) is 5.92 Å². The predicted octanol–water partition coefficient (Wildman–Crippen LogP) is 2.41. The number of amidine groups is 1. The fraction of sp³-hybridized carbons (Fsp3) is 0.375. The van der Waals surface area contributed by atoms with Crippen LogP contribution in [-0.4, -0.2) is 57.8 Å². The lowest BCUT2D eigenvalue weighted by Gasteiger charge is -2.24. The number of benzene rings is 2. The number of amides is 1. The number of aliphatic imine (C=N–C) groups is 1. The second-order valence-corrected chi connectivity index (χ2v) is 9.88. The van der Waals surface area contributed by atoms with Crippen LogP contribution >= 0.6 is 0 Å². The Balaban J connectivity index is 1.68. The third-order valence-electron chi connectivity index (χ3n) is 5.31. The molecule has 0 bridgehead atoms. The summed E-state index contributed by atoms with van der Waals surface area (Å²) in [6.45, 7) is 3.17. The summed E-state index contributed by atoms with van der Waals surface area (Å²) in [6, 6.07) is 15.7. The molecule has 1 heterocycles. The molecule has 1 aliphatic heterocycles. The van der Waals surface area contributed by atoms with Crippen molar-refractivity contribution in [1.82, 2.24) is 9.62 Å². The zero-order chi connectivity index (χ0) is 24.6. The number of hydrogen-bond acceptors (Lipinski definition) is 7. The summed E-state index contributed by atoms with van der Waals surface area (Å²) in [5, 5.41) is 2.76. The summed E-state index contributed by atoms with van der Waals surface area (Å²) in [7, 11) is -2.45. The van der Waals surface area contributed by atoms with Gasteiger partial charge in [-0.05, 0) is 30.2 Å². The van der Waals surface area contributed by atoms with Gasteiger partial charge < -0.3 is 10.1 Å². The summed E-state index contributed by atoms with van der Waals surface area (Å²) in [5.74, 6) is -0.642. The van der Waals surface area contributed by atoms with Crippen LogP contribution in [-0.2, 0) is 30.9 Å². The van der Waals surface area contributed by atoms with Crippen LogP contribution < -0.4 is 10.0 Å². The molecule has 0 fully saturated rings. The first kappa shape index (κ1) is 25.4. The maximum absolute atomic E-state index is 12.8. The zero-order valence-electron chi connectivity index (χ0n) is 19.4. The molecule has 0 aromatic heterocycles. The first-order valence-electron chi connectivity index (χ1n) is 11.1. The number of methoxy groups -OCH3 is 1. The van der Waals surface area contributed by atoms with E-state index in [1.54, 1.807) is 19.1 Å². The number of carbonyl (C=O) groups excluding carboxylic acids is 2. The molecular weight excluding hydrogens is 456 g/mol. The van der Waals surface area contributed by atoms with Crippen molar-refractivity contribution in [3.05, 3.63) is 60.2 Å². The highest BCUT2D eigenvalue weighted by Crippen LogP contribution is 2.17. The van der Waals surface area contributed by atoms with E-state index < -0.39 is 15.9 Å². The number of esters is 1. The van der Waals surface area contributed by atoms with Crippen LogP contribution in [0.15, 0.2) is 64.5 Å². The number of carbonyl (C=O) groups is 2. The Labute approximate surface area is 200 Å². The van der Waals surface area contributed by atoms with E-state index in [-0.39, 0.29) is 23.3 Å². The van der Waals surface area contributed by atoms with Crippen molar-refractivity contribution in [2.45, 2.75) is 31.2 Å². The smallest absolute Gasteiger partial charge is 0.309 e. The first-order valence-corrected chi connectivity index (χ1v) is 12.6. The van der Waals surface area contributed by atoms with Crippen LogP contribution in [0.4, 0.5) is 5.69 Å². The molecule has 2 aromatic rings. The van der Waals surface area contributed by atoms with Gasteiger partial charge in [0.05, 0.1) is 24.5 Å². The van der Waals surface area contributed by atoms with Crippen molar-refractivity contribution in [1.29, 1.82) is 0 Å². The Hall–Kier alpha value is -3.24. The van der Waals surface area contributed by atoms with Crippen LogP contribution in [0.5, 0.6) is 0 Å². The fourth-order valence-electron chi connectivity index (χ4n) is 3.67. The van der Waals surface area contributed by atoms with E-state index in [1.807, 2.05) is 35.2 Å². The monoisotopic (exact) mass is 486 g/mol. The lowest BCUT2D eigenvalue weighted by Crippen LogP contribution is -2.37. The van der Waals surface area contributed by atoms with Crippen molar-refractivity contribution in [2.24, 2.45) is 10.9 Å². The molecule has 1 atom stereocenters. The number of nitrogens with zero attached hydrogens (tertiary/aromatic N) is 2. The van der Waals surface area contributed by atoms with Crippen molar-refractivity contribution in [3.63, 3.8) is 0 Å². The Bertz CT molecular complexity index is 1140. The molecule has 0 radical (unpaired) electrons.